The summed E-state index contributed by atoms with van der Waals surface area (Å²) in [5, 5.41) is 31.0. The third kappa shape index (κ3) is 36.4. The van der Waals surface area contributed by atoms with Crippen LogP contribution in [0.4, 0.5) is 0 Å². The lowest BCUT2D eigenvalue weighted by molar-refractivity contribution is -0.297. The molecule has 382 valence electrons. The van der Waals surface area contributed by atoms with Gasteiger partial charge in [0.05, 0.1) is 6.61 Å². The molecule has 0 spiro atoms. The number of rotatable bonds is 43. The number of aliphatic hydroxyl groups is 3. The van der Waals surface area contributed by atoms with Crippen LogP contribution in [0.2, 0.25) is 0 Å². The normalized spacial score (nSPS) is 19.9. The molecule has 0 aromatic rings. The lowest BCUT2D eigenvalue weighted by Crippen LogP contribution is -2.60. The molecule has 0 bridgehead atoms. The molecule has 1 heterocycles. The van der Waals surface area contributed by atoms with Gasteiger partial charge in [-0.05, 0) is 57.8 Å². The van der Waals surface area contributed by atoms with Crippen molar-refractivity contribution in [1.29, 1.82) is 0 Å². The molecule has 0 saturated carbocycles. The Hall–Kier alpha value is -2.65. The first-order chi connectivity index (χ1) is 32.0. The van der Waals surface area contributed by atoms with Crippen molar-refractivity contribution in [3.63, 3.8) is 0 Å². The van der Waals surface area contributed by atoms with E-state index in [1.807, 2.05) is 0 Å². The highest BCUT2D eigenvalue weighted by molar-refractivity contribution is 7.85. The largest absolute Gasteiger partial charge is 0.462 e. The van der Waals surface area contributed by atoms with Crippen molar-refractivity contribution in [2.75, 3.05) is 19.0 Å². The Labute approximate surface area is 400 Å². The maximum absolute atomic E-state index is 12.9. The number of unbranched alkanes of at least 4 members (excludes halogenated alkanes) is 21. The van der Waals surface area contributed by atoms with Crippen molar-refractivity contribution in [3.8, 4) is 0 Å². The summed E-state index contributed by atoms with van der Waals surface area (Å²) in [6, 6.07) is 0. The molecule has 6 atom stereocenters. The minimum Gasteiger partial charge on any atom is -0.462 e. The van der Waals surface area contributed by atoms with Crippen molar-refractivity contribution >= 4 is 22.1 Å². The fourth-order valence-electron chi connectivity index (χ4n) is 7.65. The van der Waals surface area contributed by atoms with Gasteiger partial charge >= 0.3 is 11.9 Å². The molecular formula is C53H92O12S. The smallest absolute Gasteiger partial charge is 0.306 e. The second kappa shape index (κ2) is 42.5. The van der Waals surface area contributed by atoms with Gasteiger partial charge in [-0.3, -0.25) is 14.1 Å². The molecule has 0 radical (unpaired) electrons. The molecule has 12 nitrogen and oxygen atoms in total. The van der Waals surface area contributed by atoms with Gasteiger partial charge in [0.1, 0.15) is 36.8 Å². The average molecular weight is 953 g/mol. The fourth-order valence-corrected chi connectivity index (χ4v) is 8.34. The highest BCUT2D eigenvalue weighted by atomic mass is 32.2. The molecule has 1 fully saturated rings. The Balaban J connectivity index is 2.40. The number of aliphatic hydroxyl groups excluding tert-OH is 3. The number of esters is 2. The fraction of sp³-hybridized carbons (Fsp3) is 0.774. The van der Waals surface area contributed by atoms with Crippen LogP contribution >= 0.6 is 0 Å². The van der Waals surface area contributed by atoms with E-state index >= 15 is 0 Å². The van der Waals surface area contributed by atoms with Gasteiger partial charge < -0.3 is 34.3 Å². The molecule has 1 aliphatic heterocycles. The highest BCUT2D eigenvalue weighted by Gasteiger charge is 2.46. The summed E-state index contributed by atoms with van der Waals surface area (Å²) >= 11 is 0. The molecule has 2 unspecified atom stereocenters. The van der Waals surface area contributed by atoms with E-state index in [4.69, 9.17) is 18.9 Å². The van der Waals surface area contributed by atoms with Crippen LogP contribution in [-0.4, -0.2) is 96.0 Å². The van der Waals surface area contributed by atoms with Gasteiger partial charge in [-0.15, -0.1) is 0 Å². The Kier molecular flexibility index (Phi) is 39.5. The van der Waals surface area contributed by atoms with Gasteiger partial charge in [0.15, 0.2) is 12.4 Å². The summed E-state index contributed by atoms with van der Waals surface area (Å²) < 4.78 is 54.2. The van der Waals surface area contributed by atoms with E-state index in [-0.39, 0.29) is 19.4 Å². The summed E-state index contributed by atoms with van der Waals surface area (Å²) in [4.78, 5) is 25.5. The van der Waals surface area contributed by atoms with E-state index in [1.54, 1.807) is 0 Å². The summed E-state index contributed by atoms with van der Waals surface area (Å²) in [6.07, 6.45) is 44.0. The Morgan fingerprint density at radius 3 is 1.42 bits per heavy atom. The van der Waals surface area contributed by atoms with Gasteiger partial charge in [0, 0.05) is 12.8 Å². The second-order valence-corrected chi connectivity index (χ2v) is 19.3. The quantitative estimate of drug-likeness (QED) is 0.0196. The lowest BCUT2D eigenvalue weighted by atomic mass is 10.00. The van der Waals surface area contributed by atoms with E-state index < -0.39 is 71.2 Å². The predicted molar refractivity (Wildman–Crippen MR) is 265 cm³/mol. The monoisotopic (exact) mass is 953 g/mol. The zero-order chi connectivity index (χ0) is 48.4. The molecule has 66 heavy (non-hydrogen) atoms. The summed E-state index contributed by atoms with van der Waals surface area (Å²) in [6.45, 7) is 3.65. The van der Waals surface area contributed by atoms with Gasteiger partial charge in [0.2, 0.25) is 0 Å². The first-order valence-corrected chi connectivity index (χ1v) is 27.5. The molecule has 1 rings (SSSR count). The minimum absolute atomic E-state index is 0.158. The first-order valence-electron chi connectivity index (χ1n) is 25.8. The van der Waals surface area contributed by atoms with Crippen LogP contribution in [0.5, 0.6) is 0 Å². The first kappa shape index (κ1) is 61.4. The van der Waals surface area contributed by atoms with Crippen LogP contribution in [0, 0.1) is 0 Å². The number of carbonyl (C=O) groups excluding carboxylic acids is 2. The van der Waals surface area contributed by atoms with Crippen LogP contribution in [0.1, 0.15) is 206 Å². The number of allylic oxidation sites excluding steroid dienone is 10. The minimum atomic E-state index is -4.61. The molecule has 0 amide bonds. The molecule has 0 aromatic carbocycles. The summed E-state index contributed by atoms with van der Waals surface area (Å²) in [5.41, 5.74) is 0. The van der Waals surface area contributed by atoms with Crippen molar-refractivity contribution < 1.29 is 56.8 Å². The average Bonchev–Trinajstić information content (AvgIpc) is 3.28. The number of carbonyl (C=O) groups is 2. The molecule has 1 saturated heterocycles. The number of ether oxygens (including phenoxy) is 4. The van der Waals surface area contributed by atoms with E-state index in [0.29, 0.717) is 12.8 Å². The molecule has 0 aliphatic carbocycles. The van der Waals surface area contributed by atoms with E-state index in [9.17, 15) is 37.9 Å². The Morgan fingerprint density at radius 2 is 0.955 bits per heavy atom. The molecular weight excluding hydrogens is 861 g/mol. The maximum Gasteiger partial charge on any atom is 0.306 e. The Bertz CT molecular complexity index is 1440. The zero-order valence-electron chi connectivity index (χ0n) is 41.0. The van der Waals surface area contributed by atoms with E-state index in [2.05, 4.69) is 74.6 Å². The van der Waals surface area contributed by atoms with Crippen LogP contribution < -0.4 is 0 Å². The topological polar surface area (TPSA) is 186 Å². The van der Waals surface area contributed by atoms with Gasteiger partial charge in [-0.1, -0.05) is 197 Å². The maximum atomic E-state index is 12.9. The van der Waals surface area contributed by atoms with Gasteiger partial charge in [-0.25, -0.2) is 0 Å². The SMILES string of the molecule is CC/C=C/C/C=C/C/C=C/C/C=C/C/C=C/CCCCCC(=O)OC[C@H](CO[C@H]1O[C@H](CS(=O)(=O)O)[C@@H](O)C(O)C1O)OC(=O)CCCCCCCCCCCCCCCCCCCCC. The standard InChI is InChI=1S/C53H92O12S/c1-3-5-7-9-11-13-15-17-19-21-23-25-27-29-31-33-35-37-39-41-48(54)62-43-46(44-63-53-52(58)51(57)50(56)47(65-53)45-66(59,60)61)64-49(55)42-40-38-36-34-32-30-28-26-24-22-20-18-16-14-12-10-8-6-4-2/h5,7,11,13,17,19,23,25,29,31,46-47,50-53,56-58H,3-4,6,8-10,12,14-16,18,20-22,24,26-28,30,32-45H2,1-2H3,(H,59,60,61)/b7-5+,13-11+,19-17+,25-23+,31-29+/t46-,47-,50-,51?,52?,53+/m1/s1. The number of hydrogen-bond donors (Lipinski definition) is 4. The predicted octanol–water partition coefficient (Wildman–Crippen LogP) is 11.7. The van der Waals surface area contributed by atoms with Crippen molar-refractivity contribution in [2.45, 2.75) is 243 Å². The van der Waals surface area contributed by atoms with Gasteiger partial charge in [0.25, 0.3) is 10.1 Å². The van der Waals surface area contributed by atoms with Crippen molar-refractivity contribution in [3.05, 3.63) is 60.8 Å². The van der Waals surface area contributed by atoms with Crippen LogP contribution in [0.15, 0.2) is 60.8 Å². The molecule has 0 aromatic heterocycles. The van der Waals surface area contributed by atoms with E-state index in [0.717, 1.165) is 70.6 Å². The summed E-state index contributed by atoms with van der Waals surface area (Å²) in [5.74, 6) is -2.02. The van der Waals surface area contributed by atoms with E-state index in [1.165, 1.54) is 96.3 Å². The molecule has 4 N–H and O–H groups in total. The van der Waals surface area contributed by atoms with Gasteiger partial charge in [-0.2, -0.15) is 8.42 Å². The van der Waals surface area contributed by atoms with Crippen LogP contribution in [-0.2, 0) is 38.7 Å². The second-order valence-electron chi connectivity index (χ2n) is 17.8. The Morgan fingerprint density at radius 1 is 0.530 bits per heavy atom. The zero-order valence-corrected chi connectivity index (χ0v) is 41.9. The van der Waals surface area contributed by atoms with Crippen LogP contribution in [0.25, 0.3) is 0 Å². The third-order valence-electron chi connectivity index (χ3n) is 11.6. The third-order valence-corrected chi connectivity index (χ3v) is 12.4. The lowest BCUT2D eigenvalue weighted by Gasteiger charge is -2.40. The summed E-state index contributed by atoms with van der Waals surface area (Å²) in [7, 11) is -4.61. The molecule has 1 aliphatic rings. The molecule has 13 heteroatoms. The van der Waals surface area contributed by atoms with Crippen molar-refractivity contribution in [2.24, 2.45) is 0 Å². The highest BCUT2D eigenvalue weighted by Crippen LogP contribution is 2.24. The van der Waals surface area contributed by atoms with Crippen molar-refractivity contribution in [1.82, 2.24) is 0 Å². The number of hydrogen-bond acceptors (Lipinski definition) is 11. The van der Waals surface area contributed by atoms with Crippen LogP contribution in [0.3, 0.4) is 0 Å².